The number of fused-ring (bicyclic) bond motifs is 5. The van der Waals surface area contributed by atoms with Gasteiger partial charge in [0.25, 0.3) is 0 Å². The van der Waals surface area contributed by atoms with Crippen LogP contribution in [0.1, 0.15) is 98.9 Å². The maximum atomic E-state index is 15.5. The topological polar surface area (TPSA) is 231 Å². The van der Waals surface area contributed by atoms with Crippen molar-refractivity contribution < 1.29 is 72.5 Å². The van der Waals surface area contributed by atoms with Crippen molar-refractivity contribution in [3.8, 4) is 0 Å². The molecule has 2 bridgehead atoms. The molecule has 4 N–H and O–H groups in total. The Morgan fingerprint density at radius 3 is 2.24 bits per heavy atom. The summed E-state index contributed by atoms with van der Waals surface area (Å²) in [6, 6.07) is 6.52. The van der Waals surface area contributed by atoms with Crippen molar-refractivity contribution >= 4 is 57.3 Å². The zero-order valence-electron chi connectivity index (χ0n) is 37.7. The predicted molar refractivity (Wildman–Crippen MR) is 232 cm³/mol. The summed E-state index contributed by atoms with van der Waals surface area (Å²) in [5, 5.41) is 40.1. The van der Waals surface area contributed by atoms with Gasteiger partial charge in [-0.05, 0) is 78.0 Å². The fourth-order valence-electron chi connectivity index (χ4n) is 9.72. The number of Topliss-reactive ketones (excluding diaryl/α,β-unsaturated/α-hetero) is 1. The van der Waals surface area contributed by atoms with Crippen LogP contribution in [0.25, 0.3) is 0 Å². The maximum Gasteiger partial charge on any atom is 0.408 e. The molecular formula is C45H61NO15S2. The molecule has 0 radical (unpaired) electrons. The van der Waals surface area contributed by atoms with Gasteiger partial charge in [0.1, 0.15) is 41.7 Å². The van der Waals surface area contributed by atoms with Crippen LogP contribution < -0.4 is 5.32 Å². The predicted octanol–water partition coefficient (Wildman–Crippen LogP) is 4.81. The van der Waals surface area contributed by atoms with E-state index in [1.807, 2.05) is 6.26 Å². The molecule has 1 heterocycles. The highest BCUT2D eigenvalue weighted by atomic mass is 33.1. The minimum Gasteiger partial charge on any atom is -0.461 e. The number of rotatable bonds is 13. The lowest BCUT2D eigenvalue weighted by atomic mass is 9.44. The second-order valence-corrected chi connectivity index (χ2v) is 21.3. The van der Waals surface area contributed by atoms with Gasteiger partial charge in [0.15, 0.2) is 17.5 Å². The molecule has 1 saturated heterocycles. The number of carbonyl (C=O) groups is 6. The van der Waals surface area contributed by atoms with E-state index in [0.717, 1.165) is 6.92 Å². The van der Waals surface area contributed by atoms with Gasteiger partial charge >= 0.3 is 30.0 Å². The lowest BCUT2D eigenvalue weighted by Gasteiger charge is -2.67. The van der Waals surface area contributed by atoms with E-state index in [-0.39, 0.29) is 36.2 Å². The van der Waals surface area contributed by atoms with Crippen molar-refractivity contribution in [3.05, 3.63) is 58.7 Å². The number of ketones is 1. The molecule has 0 aromatic heterocycles. The average molecular weight is 920 g/mol. The van der Waals surface area contributed by atoms with Gasteiger partial charge in [0.05, 0.1) is 36.0 Å². The molecule has 1 aromatic carbocycles. The van der Waals surface area contributed by atoms with Crippen LogP contribution in [-0.2, 0) is 47.6 Å². The normalized spacial score (nSPS) is 31.8. The van der Waals surface area contributed by atoms with Crippen molar-refractivity contribution in [1.29, 1.82) is 0 Å². The lowest BCUT2D eigenvalue weighted by Crippen LogP contribution is -2.82. The fraction of sp³-hybridized carbons (Fsp3) is 0.644. The summed E-state index contributed by atoms with van der Waals surface area (Å²) in [4.78, 5) is 83.3. The van der Waals surface area contributed by atoms with E-state index < -0.39 is 118 Å². The molecule has 18 heteroatoms. The number of hydrogen-bond donors (Lipinski definition) is 4. The van der Waals surface area contributed by atoms with Gasteiger partial charge in [0.2, 0.25) is 0 Å². The van der Waals surface area contributed by atoms with Crippen molar-refractivity contribution in [2.24, 2.45) is 16.7 Å². The molecule has 0 spiro atoms. The van der Waals surface area contributed by atoms with Crippen LogP contribution in [0.15, 0.2) is 53.1 Å². The number of alkyl carbamates (subject to hydrolysis) is 1. The Morgan fingerprint density at radius 1 is 1.03 bits per heavy atom. The first kappa shape index (κ1) is 50.1. The molecule has 1 aromatic rings. The van der Waals surface area contributed by atoms with Gasteiger partial charge < -0.3 is 49.1 Å². The van der Waals surface area contributed by atoms with Crippen molar-refractivity contribution in [3.63, 3.8) is 0 Å². The van der Waals surface area contributed by atoms with E-state index in [0.29, 0.717) is 11.3 Å². The molecule has 3 aliphatic carbocycles. The number of ether oxygens (including phenoxy) is 6. The van der Waals surface area contributed by atoms with Crippen LogP contribution in [0.3, 0.4) is 0 Å². The number of allylic oxidation sites excluding steroid dienone is 1. The third-order valence-corrected chi connectivity index (χ3v) is 14.5. The maximum absolute atomic E-state index is 15.5. The minimum atomic E-state index is -2.39. The molecule has 1 aliphatic heterocycles. The highest BCUT2D eigenvalue weighted by molar-refractivity contribution is 8.76. The Morgan fingerprint density at radius 2 is 1.68 bits per heavy atom. The fourth-order valence-corrected chi connectivity index (χ4v) is 10.9. The van der Waals surface area contributed by atoms with Crippen molar-refractivity contribution in [1.82, 2.24) is 5.32 Å². The number of aliphatic hydroxyl groups excluding tert-OH is 2. The largest absolute Gasteiger partial charge is 0.461 e. The summed E-state index contributed by atoms with van der Waals surface area (Å²) < 4.78 is 36.0. The number of hydrogen-bond acceptors (Lipinski definition) is 17. The summed E-state index contributed by atoms with van der Waals surface area (Å²) in [6.07, 6.45) is -8.12. The first-order chi connectivity index (χ1) is 29.2. The highest BCUT2D eigenvalue weighted by Crippen LogP contribution is 2.64. The third kappa shape index (κ3) is 9.71. The van der Waals surface area contributed by atoms with Gasteiger partial charge in [0, 0.05) is 30.9 Å². The van der Waals surface area contributed by atoms with Gasteiger partial charge in [-0.15, -0.1) is 0 Å². The second kappa shape index (κ2) is 18.9. The number of nitrogens with one attached hydrogen (secondary N) is 1. The third-order valence-electron chi connectivity index (χ3n) is 12.7. The first-order valence-electron chi connectivity index (χ1n) is 20.9. The molecular weight excluding hydrogens is 859 g/mol. The Kier molecular flexibility index (Phi) is 15.0. The number of amides is 1. The number of carbonyl (C=O) groups excluding carboxylic acids is 6. The van der Waals surface area contributed by atoms with Gasteiger partial charge in [-0.2, -0.15) is 0 Å². The van der Waals surface area contributed by atoms with Gasteiger partial charge in [-0.25, -0.2) is 14.4 Å². The quantitative estimate of drug-likeness (QED) is 0.0684. The monoisotopic (exact) mass is 919 g/mol. The van der Waals surface area contributed by atoms with Crippen LogP contribution in [0.5, 0.6) is 0 Å². The van der Waals surface area contributed by atoms with E-state index in [9.17, 15) is 39.3 Å². The van der Waals surface area contributed by atoms with Crippen molar-refractivity contribution in [2.75, 3.05) is 18.6 Å². The van der Waals surface area contributed by atoms with E-state index in [1.165, 1.54) is 53.6 Å². The zero-order chi connectivity index (χ0) is 47.0. The summed E-state index contributed by atoms with van der Waals surface area (Å²) in [7, 11) is 2.88. The summed E-state index contributed by atoms with van der Waals surface area (Å²) in [5.74, 6) is -5.68. The zero-order valence-corrected chi connectivity index (χ0v) is 39.3. The molecule has 0 unspecified atom stereocenters. The van der Waals surface area contributed by atoms with E-state index >= 15 is 4.79 Å². The minimum absolute atomic E-state index is 0.0333. The number of aliphatic hydroxyl groups is 3. The van der Waals surface area contributed by atoms with E-state index in [2.05, 4.69) is 5.32 Å². The molecule has 348 valence electrons. The summed E-state index contributed by atoms with van der Waals surface area (Å²) >= 11 is 0. The van der Waals surface area contributed by atoms with Crippen LogP contribution in [0, 0.1) is 16.7 Å². The highest BCUT2D eigenvalue weighted by Gasteiger charge is 2.78. The lowest BCUT2D eigenvalue weighted by molar-refractivity contribution is -0.346. The molecule has 63 heavy (non-hydrogen) atoms. The van der Waals surface area contributed by atoms with Crippen molar-refractivity contribution in [2.45, 2.75) is 148 Å². The smallest absolute Gasteiger partial charge is 0.408 e. The Hall–Kier alpha value is -3.94. The molecule has 1 amide bonds. The Bertz CT molecular complexity index is 2010. The number of esters is 4. The second-order valence-electron chi connectivity index (χ2n) is 18.7. The van der Waals surface area contributed by atoms with Crippen LogP contribution >= 0.6 is 21.6 Å². The summed E-state index contributed by atoms with van der Waals surface area (Å²) in [6.45, 7) is 15.2. The van der Waals surface area contributed by atoms with E-state index in [1.54, 1.807) is 66.7 Å². The molecule has 3 fully saturated rings. The standard InChI is InChI=1S/C45H61NO15S2/c1-23(2)19-27(46-40(54)61-41(5,6)7)33(49)39(53)57-28-21-45(55)37(59-38(52)26-15-13-12-14-16-26)35-43(10,36(51)34(50)32(24(28)3)42(45,8)9)29(58-31(48)17-18-63-62-11)20-30-44(35,22-56-30)60-25(4)47/h12-16,19,27-30,33-35,37,49-50,55H,17-18,20-22H2,1-11H3,(H,46,54)/t27-,28-,29-,30+,33+,34+,35-,37-,43+,44-,45+/m0/s1. The molecule has 2 saturated carbocycles. The molecule has 16 nitrogen and oxygen atoms in total. The van der Waals surface area contributed by atoms with Crippen LogP contribution in [-0.4, -0.2) is 129 Å². The van der Waals surface area contributed by atoms with Gasteiger partial charge in [-0.3, -0.25) is 14.4 Å². The molecule has 4 aliphatic rings. The van der Waals surface area contributed by atoms with Crippen LogP contribution in [0.4, 0.5) is 4.79 Å². The summed E-state index contributed by atoms with van der Waals surface area (Å²) in [5.41, 5.74) is -8.00. The molecule has 5 rings (SSSR count). The van der Waals surface area contributed by atoms with Gasteiger partial charge in [-0.1, -0.05) is 65.3 Å². The molecule has 11 atom stereocenters. The van der Waals surface area contributed by atoms with E-state index in [4.69, 9.17) is 28.4 Å². The van der Waals surface area contributed by atoms with Crippen LogP contribution in [0.2, 0.25) is 0 Å². The Labute approximate surface area is 375 Å². The first-order valence-corrected chi connectivity index (χ1v) is 23.6. The Balaban J connectivity index is 1.71. The average Bonchev–Trinajstić information content (AvgIpc) is 3.17. The SMILES string of the molecule is CSSCCC(=O)O[C@H]1C[C@H]2OC[C@@]2(OC(C)=O)[C@H]2[C@H](OC(=O)c3ccccc3)[C@]3(O)C[C@H](OC(=O)[C@H](O)[C@H](C=C(C)C)NC(=O)OC(C)(C)C)C(C)=C([C@@H](O)C(=O)[C@]12C)C3(C)C. The number of benzene rings is 1.